The minimum absolute atomic E-state index is 0.110. The molecule has 7 heteroatoms. The van der Waals surface area contributed by atoms with Crippen molar-refractivity contribution >= 4 is 29.6 Å². The van der Waals surface area contributed by atoms with Gasteiger partial charge in [0.1, 0.15) is 12.1 Å². The summed E-state index contributed by atoms with van der Waals surface area (Å²) in [4.78, 5) is 27.2. The highest BCUT2D eigenvalue weighted by atomic mass is 35.5. The number of hydrogen-bond donors (Lipinski definition) is 2. The van der Waals surface area contributed by atoms with Crippen molar-refractivity contribution < 1.29 is 9.59 Å². The van der Waals surface area contributed by atoms with Crippen LogP contribution in [-0.4, -0.2) is 21.9 Å². The van der Waals surface area contributed by atoms with Crippen LogP contribution in [0.2, 0.25) is 5.02 Å². The number of amides is 2. The van der Waals surface area contributed by atoms with Crippen LogP contribution in [0.1, 0.15) is 25.7 Å². The lowest BCUT2D eigenvalue weighted by molar-refractivity contribution is -0.108. The van der Waals surface area contributed by atoms with Crippen molar-refractivity contribution in [3.63, 3.8) is 0 Å². The molecule has 122 valence electrons. The zero-order chi connectivity index (χ0) is 16.8. The molecule has 2 N–H and O–H groups in total. The Kier molecular flexibility index (Phi) is 5.76. The Hall–Kier alpha value is -2.34. The normalized spacial score (nSPS) is 12.0. The highest BCUT2D eigenvalue weighted by molar-refractivity contribution is 6.30. The van der Waals surface area contributed by atoms with Crippen molar-refractivity contribution in [3.05, 3.63) is 47.5 Å². The summed E-state index contributed by atoms with van der Waals surface area (Å²) in [5.41, 5.74) is 0.644. The molecule has 23 heavy (non-hydrogen) atoms. The minimum Gasteiger partial charge on any atom is -0.328 e. The van der Waals surface area contributed by atoms with E-state index < -0.39 is 0 Å². The molecular weight excluding hydrogens is 316 g/mol. The number of imidazole rings is 1. The number of anilines is 1. The zero-order valence-electron chi connectivity index (χ0n) is 13.0. The smallest absolute Gasteiger partial charge is 0.319 e. The number of nitrogens with one attached hydrogen (secondary N) is 2. The molecule has 0 spiro atoms. The van der Waals surface area contributed by atoms with Crippen LogP contribution in [0.25, 0.3) is 0 Å². The van der Waals surface area contributed by atoms with Gasteiger partial charge >= 0.3 is 6.03 Å². The Bertz CT molecular complexity index is 667. The molecule has 2 rings (SSSR count). The molecule has 0 fully saturated rings. The predicted molar refractivity (Wildman–Crippen MR) is 89.5 cm³/mol. The first-order valence-electron chi connectivity index (χ1n) is 7.29. The molecule has 0 saturated carbocycles. The van der Waals surface area contributed by atoms with Crippen LogP contribution in [0.3, 0.4) is 0 Å². The van der Waals surface area contributed by atoms with Gasteiger partial charge in [-0.25, -0.2) is 9.78 Å². The van der Waals surface area contributed by atoms with Crippen LogP contribution in [0, 0.1) is 5.92 Å². The van der Waals surface area contributed by atoms with Crippen molar-refractivity contribution in [1.82, 2.24) is 14.9 Å². The number of aldehydes is 1. The molecule has 1 aromatic carbocycles. The highest BCUT2D eigenvalue weighted by Crippen LogP contribution is 2.20. The Balaban J connectivity index is 2.09. The SMILES string of the molecule is CC(C)[C@H](NC(=O)Nc1ccc(Cl)cc1)c1nccn1CC=O. The van der Waals surface area contributed by atoms with Crippen LogP contribution in [0.15, 0.2) is 36.7 Å². The summed E-state index contributed by atoms with van der Waals surface area (Å²) in [7, 11) is 0. The topological polar surface area (TPSA) is 76.0 Å². The van der Waals surface area contributed by atoms with Crippen molar-refractivity contribution in [3.8, 4) is 0 Å². The van der Waals surface area contributed by atoms with Crippen LogP contribution in [0.5, 0.6) is 0 Å². The number of carbonyl (C=O) groups is 2. The molecule has 0 radical (unpaired) electrons. The fourth-order valence-corrected chi connectivity index (χ4v) is 2.33. The summed E-state index contributed by atoms with van der Waals surface area (Å²) in [6, 6.07) is 6.20. The van der Waals surface area contributed by atoms with Crippen LogP contribution < -0.4 is 10.6 Å². The molecule has 0 saturated heterocycles. The Labute approximate surface area is 139 Å². The maximum Gasteiger partial charge on any atom is 0.319 e. The summed E-state index contributed by atoms with van der Waals surface area (Å²) in [5, 5.41) is 6.25. The van der Waals surface area contributed by atoms with E-state index in [-0.39, 0.29) is 24.5 Å². The summed E-state index contributed by atoms with van der Waals surface area (Å²) in [6.45, 7) is 4.17. The molecule has 0 aliphatic heterocycles. The maximum atomic E-state index is 12.2. The third-order valence-corrected chi connectivity index (χ3v) is 3.60. The van der Waals surface area contributed by atoms with Gasteiger partial charge in [-0.2, -0.15) is 0 Å². The second-order valence-corrected chi connectivity index (χ2v) is 5.87. The fraction of sp³-hybridized carbons (Fsp3) is 0.312. The Morgan fingerprint density at radius 3 is 2.65 bits per heavy atom. The van der Waals surface area contributed by atoms with E-state index in [0.717, 1.165) is 6.29 Å². The number of halogens is 1. The highest BCUT2D eigenvalue weighted by Gasteiger charge is 2.22. The fourth-order valence-electron chi connectivity index (χ4n) is 2.21. The minimum atomic E-state index is -0.341. The largest absolute Gasteiger partial charge is 0.328 e. The molecular formula is C16H19ClN4O2. The van der Waals surface area contributed by atoms with Gasteiger partial charge in [-0.05, 0) is 30.2 Å². The van der Waals surface area contributed by atoms with Gasteiger partial charge in [-0.1, -0.05) is 25.4 Å². The number of benzene rings is 1. The van der Waals surface area contributed by atoms with Crippen LogP contribution in [-0.2, 0) is 11.3 Å². The second-order valence-electron chi connectivity index (χ2n) is 5.43. The van der Waals surface area contributed by atoms with E-state index in [1.165, 1.54) is 0 Å². The molecule has 0 unspecified atom stereocenters. The molecule has 1 atom stereocenters. The lowest BCUT2D eigenvalue weighted by atomic mass is 10.0. The van der Waals surface area contributed by atoms with Gasteiger partial charge in [-0.15, -0.1) is 0 Å². The van der Waals surface area contributed by atoms with E-state index >= 15 is 0 Å². The Morgan fingerprint density at radius 2 is 2.04 bits per heavy atom. The quantitative estimate of drug-likeness (QED) is 0.796. The number of nitrogens with zero attached hydrogens (tertiary/aromatic N) is 2. The molecule has 0 aliphatic carbocycles. The predicted octanol–water partition coefficient (Wildman–Crippen LogP) is 3.25. The molecule has 2 amide bonds. The number of carbonyl (C=O) groups excluding carboxylic acids is 2. The first-order chi connectivity index (χ1) is 11.0. The lowest BCUT2D eigenvalue weighted by Gasteiger charge is -2.22. The van der Waals surface area contributed by atoms with Gasteiger partial charge < -0.3 is 20.0 Å². The van der Waals surface area contributed by atoms with Gasteiger partial charge in [0.15, 0.2) is 0 Å². The third kappa shape index (κ3) is 4.56. The first kappa shape index (κ1) is 17.0. The number of urea groups is 1. The number of aromatic nitrogens is 2. The number of rotatable bonds is 6. The summed E-state index contributed by atoms with van der Waals surface area (Å²) < 4.78 is 1.72. The summed E-state index contributed by atoms with van der Waals surface area (Å²) in [6.07, 6.45) is 4.14. The average Bonchev–Trinajstić information content (AvgIpc) is 2.95. The van der Waals surface area contributed by atoms with Gasteiger partial charge in [0.25, 0.3) is 0 Å². The van der Waals surface area contributed by atoms with E-state index in [2.05, 4.69) is 15.6 Å². The molecule has 2 aromatic rings. The lowest BCUT2D eigenvalue weighted by Crippen LogP contribution is -2.36. The molecule has 6 nitrogen and oxygen atoms in total. The average molecular weight is 335 g/mol. The van der Waals surface area contributed by atoms with Crippen molar-refractivity contribution in [2.45, 2.75) is 26.4 Å². The van der Waals surface area contributed by atoms with Crippen LogP contribution in [0.4, 0.5) is 10.5 Å². The van der Waals surface area contributed by atoms with E-state index in [9.17, 15) is 9.59 Å². The van der Waals surface area contributed by atoms with E-state index in [1.54, 1.807) is 41.2 Å². The Morgan fingerprint density at radius 1 is 1.35 bits per heavy atom. The van der Waals surface area contributed by atoms with Gasteiger partial charge in [0.05, 0.1) is 12.6 Å². The van der Waals surface area contributed by atoms with Crippen molar-refractivity contribution in [2.75, 3.05) is 5.32 Å². The second kappa shape index (κ2) is 7.78. The van der Waals surface area contributed by atoms with E-state index in [1.807, 2.05) is 13.8 Å². The summed E-state index contributed by atoms with van der Waals surface area (Å²) >= 11 is 5.82. The first-order valence-corrected chi connectivity index (χ1v) is 7.66. The van der Waals surface area contributed by atoms with Gasteiger partial charge in [0.2, 0.25) is 0 Å². The van der Waals surface area contributed by atoms with Gasteiger partial charge in [0, 0.05) is 23.1 Å². The van der Waals surface area contributed by atoms with Gasteiger partial charge in [-0.3, -0.25) is 0 Å². The molecule has 0 aliphatic rings. The van der Waals surface area contributed by atoms with Crippen LogP contribution >= 0.6 is 11.6 Å². The van der Waals surface area contributed by atoms with Crippen molar-refractivity contribution in [2.24, 2.45) is 5.92 Å². The third-order valence-electron chi connectivity index (χ3n) is 3.35. The molecule has 1 heterocycles. The standard InChI is InChI=1S/C16H19ClN4O2/c1-11(2)14(15-18-7-8-21(15)9-10-22)20-16(23)19-13-5-3-12(17)4-6-13/h3-8,10-11,14H,9H2,1-2H3,(H2,19,20,23)/t14-/m0/s1. The monoisotopic (exact) mass is 334 g/mol. The van der Waals surface area contributed by atoms with Crippen molar-refractivity contribution in [1.29, 1.82) is 0 Å². The van der Waals surface area contributed by atoms with E-state index in [4.69, 9.17) is 11.6 Å². The molecule has 1 aromatic heterocycles. The maximum absolute atomic E-state index is 12.2. The molecule has 0 bridgehead atoms. The zero-order valence-corrected chi connectivity index (χ0v) is 13.7. The number of hydrogen-bond acceptors (Lipinski definition) is 3. The van der Waals surface area contributed by atoms with E-state index in [0.29, 0.717) is 16.5 Å². The summed E-state index contributed by atoms with van der Waals surface area (Å²) in [5.74, 6) is 0.761.